The quantitative estimate of drug-likeness (QED) is 0.241. The lowest BCUT2D eigenvalue weighted by atomic mass is 10.0. The fourth-order valence-electron chi connectivity index (χ4n) is 1.75. The second-order valence-corrected chi connectivity index (χ2v) is 5.32. The molecule has 0 amide bonds. The summed E-state index contributed by atoms with van der Waals surface area (Å²) >= 11 is 0. The highest BCUT2D eigenvalue weighted by atomic mass is 19.4. The molecule has 1 aromatic rings. The van der Waals surface area contributed by atoms with Gasteiger partial charge in [-0.25, -0.2) is 4.79 Å². The van der Waals surface area contributed by atoms with Crippen LogP contribution in [0.1, 0.15) is 23.2 Å². The Morgan fingerprint density at radius 1 is 0.889 bits per heavy atom. The van der Waals surface area contributed by atoms with E-state index in [0.29, 0.717) is 6.08 Å². The van der Waals surface area contributed by atoms with E-state index in [2.05, 4.69) is 0 Å². The molecule has 0 unspecified atom stereocenters. The molecule has 152 valence electrons. The predicted octanol–water partition coefficient (Wildman–Crippen LogP) is 5.65. The summed E-state index contributed by atoms with van der Waals surface area (Å²) in [4.78, 5) is 11.5. The van der Waals surface area contributed by atoms with Crippen LogP contribution in [-0.4, -0.2) is 36.5 Å². The first-order valence-corrected chi connectivity index (χ1v) is 7.34. The van der Waals surface area contributed by atoms with Crippen LogP contribution < -0.4 is 0 Å². The number of esters is 1. The topological polar surface area (TPSA) is 26.3 Å². The van der Waals surface area contributed by atoms with Crippen molar-refractivity contribution in [3.63, 3.8) is 0 Å². The van der Waals surface area contributed by atoms with Gasteiger partial charge in [0, 0.05) is 0 Å². The highest BCUT2D eigenvalue weighted by Crippen LogP contribution is 2.53. The van der Waals surface area contributed by atoms with Gasteiger partial charge in [-0.2, -0.15) is 39.5 Å². The van der Waals surface area contributed by atoms with Crippen molar-refractivity contribution in [3.8, 4) is 0 Å². The van der Waals surface area contributed by atoms with E-state index in [0.717, 1.165) is 0 Å². The molecule has 0 radical (unpaired) electrons. The van der Waals surface area contributed by atoms with Crippen molar-refractivity contribution in [1.29, 1.82) is 0 Å². The van der Waals surface area contributed by atoms with Crippen LogP contribution >= 0.6 is 0 Å². The van der Waals surface area contributed by atoms with E-state index >= 15 is 0 Å². The lowest BCUT2D eigenvalue weighted by Crippen LogP contribution is -2.60. The molecule has 0 bridgehead atoms. The Bertz CT molecular complexity index is 652. The van der Waals surface area contributed by atoms with E-state index in [1.165, 1.54) is 12.1 Å². The summed E-state index contributed by atoms with van der Waals surface area (Å²) in [5, 5.41) is 0. The summed E-state index contributed by atoms with van der Waals surface area (Å²) in [6, 6.07) is 7.62. The molecule has 0 aliphatic rings. The number of allylic oxidation sites excluding steroid dienone is 2. The molecule has 0 fully saturated rings. The van der Waals surface area contributed by atoms with Gasteiger partial charge in [-0.15, -0.1) is 0 Å². The van der Waals surface area contributed by atoms with Gasteiger partial charge in [-0.3, -0.25) is 0 Å². The van der Waals surface area contributed by atoms with Crippen molar-refractivity contribution < 1.29 is 49.0 Å². The van der Waals surface area contributed by atoms with Gasteiger partial charge in [-0.05, 0) is 31.1 Å². The molecular weight excluding hydrogens is 395 g/mol. The number of rotatable bonds is 8. The Labute approximate surface area is 147 Å². The number of unbranched alkanes of at least 4 members (excludes halogenated alkanes) is 1. The van der Waals surface area contributed by atoms with Gasteiger partial charge in [0.05, 0.1) is 12.2 Å². The summed E-state index contributed by atoms with van der Waals surface area (Å²) in [6.45, 7) is -0.307. The van der Waals surface area contributed by atoms with Crippen LogP contribution in [0.4, 0.5) is 39.5 Å². The minimum absolute atomic E-state index is 0.146. The molecule has 0 aliphatic carbocycles. The van der Waals surface area contributed by atoms with Crippen LogP contribution in [0.15, 0.2) is 42.5 Å². The number of ether oxygens (including phenoxy) is 1. The second-order valence-electron chi connectivity index (χ2n) is 5.32. The van der Waals surface area contributed by atoms with Crippen LogP contribution in [0, 0.1) is 0 Å². The first-order valence-electron chi connectivity index (χ1n) is 7.34. The Morgan fingerprint density at radius 3 is 1.96 bits per heavy atom. The van der Waals surface area contributed by atoms with Crippen LogP contribution in [0.3, 0.4) is 0 Å². The first kappa shape index (κ1) is 22.8. The molecule has 0 spiro atoms. The normalized spacial score (nSPS) is 13.8. The molecule has 2 nitrogen and oxygen atoms in total. The first-order chi connectivity index (χ1) is 12.2. The average molecular weight is 408 g/mol. The maximum atomic E-state index is 13.2. The molecule has 0 N–H and O–H groups in total. The van der Waals surface area contributed by atoms with Crippen molar-refractivity contribution in [3.05, 3.63) is 48.0 Å². The van der Waals surface area contributed by atoms with Gasteiger partial charge >= 0.3 is 29.9 Å². The van der Waals surface area contributed by atoms with E-state index in [1.54, 1.807) is 18.2 Å². The molecule has 27 heavy (non-hydrogen) atoms. The number of alkyl halides is 9. The van der Waals surface area contributed by atoms with E-state index in [9.17, 15) is 44.3 Å². The highest BCUT2D eigenvalue weighted by Gasteiger charge is 2.81. The van der Waals surface area contributed by atoms with Crippen molar-refractivity contribution in [2.45, 2.75) is 36.8 Å². The van der Waals surface area contributed by atoms with Gasteiger partial charge in [0.25, 0.3) is 0 Å². The number of carbonyl (C=O) groups excluding carboxylic acids is 1. The van der Waals surface area contributed by atoms with Crippen LogP contribution in [0.5, 0.6) is 0 Å². The SMILES string of the molecule is O=C(OCCC/C=C/C(F)(F)C(F)(F)C(F)(F)C(F)(F)F)c1ccccc1. The van der Waals surface area contributed by atoms with E-state index in [4.69, 9.17) is 4.74 Å². The Kier molecular flexibility index (Phi) is 6.95. The monoisotopic (exact) mass is 408 g/mol. The molecule has 11 heteroatoms. The Morgan fingerprint density at radius 2 is 1.44 bits per heavy atom. The van der Waals surface area contributed by atoms with Gasteiger partial charge in [0.2, 0.25) is 0 Å². The summed E-state index contributed by atoms with van der Waals surface area (Å²) < 4.78 is 118. The van der Waals surface area contributed by atoms with Gasteiger partial charge in [0.15, 0.2) is 0 Å². The average Bonchev–Trinajstić information content (AvgIpc) is 2.57. The Balaban J connectivity index is 2.57. The lowest BCUT2D eigenvalue weighted by molar-refractivity contribution is -0.388. The molecule has 0 heterocycles. The predicted molar refractivity (Wildman–Crippen MR) is 76.0 cm³/mol. The minimum atomic E-state index is -6.92. The van der Waals surface area contributed by atoms with Crippen LogP contribution in [-0.2, 0) is 4.74 Å². The number of carbonyl (C=O) groups is 1. The molecule has 0 aromatic heterocycles. The fraction of sp³-hybridized carbons (Fsp3) is 0.438. The van der Waals surface area contributed by atoms with E-state index < -0.39 is 42.4 Å². The van der Waals surface area contributed by atoms with Crippen molar-refractivity contribution in [2.24, 2.45) is 0 Å². The molecular formula is C16H13F9O2. The highest BCUT2D eigenvalue weighted by molar-refractivity contribution is 5.89. The molecule has 0 saturated heterocycles. The van der Waals surface area contributed by atoms with Crippen molar-refractivity contribution in [2.75, 3.05) is 6.61 Å². The summed E-state index contributed by atoms with van der Waals surface area (Å²) in [5.74, 6) is -20.1. The second kappa shape index (κ2) is 8.22. The fourth-order valence-corrected chi connectivity index (χ4v) is 1.75. The summed E-state index contributed by atoms with van der Waals surface area (Å²) in [6.07, 6.45) is -7.82. The van der Waals surface area contributed by atoms with E-state index in [1.807, 2.05) is 0 Å². The number of hydrogen-bond acceptors (Lipinski definition) is 2. The van der Waals surface area contributed by atoms with Crippen molar-refractivity contribution >= 4 is 5.97 Å². The van der Waals surface area contributed by atoms with Gasteiger partial charge in [-0.1, -0.05) is 24.3 Å². The zero-order valence-electron chi connectivity index (χ0n) is 13.4. The van der Waals surface area contributed by atoms with Gasteiger partial charge in [0.1, 0.15) is 0 Å². The van der Waals surface area contributed by atoms with E-state index in [-0.39, 0.29) is 18.6 Å². The zero-order valence-corrected chi connectivity index (χ0v) is 13.4. The molecule has 1 rings (SSSR count). The number of halogens is 9. The standard InChI is InChI=1S/C16H13F9O2/c17-13(18,14(19,20)15(21,22)16(23,24)25)9-5-2-6-10-27-12(26)11-7-3-1-4-8-11/h1,3-5,7-9H,2,6,10H2/b9-5+. The van der Waals surface area contributed by atoms with Gasteiger partial charge < -0.3 is 4.74 Å². The van der Waals surface area contributed by atoms with Crippen LogP contribution in [0.25, 0.3) is 0 Å². The maximum absolute atomic E-state index is 13.2. The molecule has 1 aromatic carbocycles. The molecule has 0 aliphatic heterocycles. The Hall–Kier alpha value is -2.20. The maximum Gasteiger partial charge on any atom is 0.460 e. The molecule has 0 atom stereocenters. The third-order valence-electron chi connectivity index (χ3n) is 3.25. The third-order valence-corrected chi connectivity index (χ3v) is 3.25. The number of hydrogen-bond donors (Lipinski definition) is 0. The largest absolute Gasteiger partial charge is 0.462 e. The third kappa shape index (κ3) is 5.16. The van der Waals surface area contributed by atoms with Crippen LogP contribution in [0.2, 0.25) is 0 Å². The summed E-state index contributed by atoms with van der Waals surface area (Å²) in [7, 11) is 0. The minimum Gasteiger partial charge on any atom is -0.462 e. The lowest BCUT2D eigenvalue weighted by Gasteiger charge is -2.32. The summed E-state index contributed by atoms with van der Waals surface area (Å²) in [5.41, 5.74) is 0.202. The molecule has 0 saturated carbocycles. The smallest absolute Gasteiger partial charge is 0.460 e. The number of benzene rings is 1. The zero-order chi connectivity index (χ0) is 20.9. The van der Waals surface area contributed by atoms with Crippen molar-refractivity contribution in [1.82, 2.24) is 0 Å².